The Hall–Kier alpha value is -1.26. The lowest BCUT2D eigenvalue weighted by Crippen LogP contribution is -2.53. The van der Waals surface area contributed by atoms with Gasteiger partial charge in [0.1, 0.15) is 5.75 Å². The van der Waals surface area contributed by atoms with Crippen LogP contribution in [0.2, 0.25) is 5.02 Å². The quantitative estimate of drug-likeness (QED) is 0.849. The first-order valence-electron chi connectivity index (χ1n) is 6.42. The van der Waals surface area contributed by atoms with Gasteiger partial charge in [0.2, 0.25) is 0 Å². The molecule has 0 aromatic heterocycles. The Bertz CT molecular complexity index is 436. The zero-order valence-electron chi connectivity index (χ0n) is 11.3. The third-order valence-corrected chi connectivity index (χ3v) is 3.58. The molecule has 104 valence electrons. The molecule has 1 aromatic carbocycles. The molecule has 0 bridgehead atoms. The molecule has 2 rings (SSSR count). The van der Waals surface area contributed by atoms with Crippen LogP contribution in [0.25, 0.3) is 0 Å². The average molecular weight is 283 g/mol. The zero-order valence-corrected chi connectivity index (χ0v) is 12.1. The van der Waals surface area contributed by atoms with E-state index in [4.69, 9.17) is 16.3 Å². The summed E-state index contributed by atoms with van der Waals surface area (Å²) in [5, 5.41) is 0.659. The number of rotatable bonds is 3. The molecule has 0 saturated carbocycles. The average Bonchev–Trinajstić information content (AvgIpc) is 2.37. The van der Waals surface area contributed by atoms with Crippen LogP contribution in [-0.4, -0.2) is 55.0 Å². The van der Waals surface area contributed by atoms with Gasteiger partial charge in [-0.3, -0.25) is 4.79 Å². The van der Waals surface area contributed by atoms with E-state index in [1.54, 1.807) is 24.3 Å². The lowest BCUT2D eigenvalue weighted by atomic mass is 10.2. The number of piperazine rings is 1. The van der Waals surface area contributed by atoms with E-state index >= 15 is 0 Å². The van der Waals surface area contributed by atoms with E-state index in [1.807, 2.05) is 4.90 Å². The third-order valence-electron chi connectivity index (χ3n) is 3.33. The fraction of sp³-hybridized carbons (Fsp3) is 0.500. The Morgan fingerprint density at radius 2 is 2.05 bits per heavy atom. The van der Waals surface area contributed by atoms with Crippen LogP contribution in [0.4, 0.5) is 0 Å². The van der Waals surface area contributed by atoms with Crippen LogP contribution in [-0.2, 0) is 4.79 Å². The molecular formula is C14H19ClN2O2. The maximum atomic E-state index is 12.1. The van der Waals surface area contributed by atoms with Gasteiger partial charge in [-0.2, -0.15) is 0 Å². The van der Waals surface area contributed by atoms with Crippen molar-refractivity contribution in [1.82, 2.24) is 9.80 Å². The van der Waals surface area contributed by atoms with Gasteiger partial charge < -0.3 is 14.5 Å². The topological polar surface area (TPSA) is 32.8 Å². The maximum Gasteiger partial charge on any atom is 0.260 e. The van der Waals surface area contributed by atoms with Crippen molar-refractivity contribution in [3.63, 3.8) is 0 Å². The minimum Gasteiger partial charge on any atom is -0.484 e. The molecule has 0 aliphatic carbocycles. The van der Waals surface area contributed by atoms with Crippen LogP contribution in [0.5, 0.6) is 5.75 Å². The zero-order chi connectivity index (χ0) is 13.8. The predicted molar refractivity (Wildman–Crippen MR) is 75.6 cm³/mol. The monoisotopic (exact) mass is 282 g/mol. The fourth-order valence-electron chi connectivity index (χ4n) is 2.27. The molecule has 1 fully saturated rings. The molecule has 1 heterocycles. The number of likely N-dealkylation sites (N-methyl/N-ethyl adjacent to an activating group) is 1. The van der Waals surface area contributed by atoms with Gasteiger partial charge in [-0.15, -0.1) is 0 Å². The Morgan fingerprint density at radius 3 is 2.68 bits per heavy atom. The Balaban J connectivity index is 1.85. The summed E-state index contributed by atoms with van der Waals surface area (Å²) in [6.07, 6.45) is 0. The number of nitrogens with zero attached hydrogens (tertiary/aromatic N) is 2. The van der Waals surface area contributed by atoms with Gasteiger partial charge in [-0.05, 0) is 38.2 Å². The Labute approximate surface area is 118 Å². The summed E-state index contributed by atoms with van der Waals surface area (Å²) < 4.78 is 5.49. The molecule has 5 heteroatoms. The highest BCUT2D eigenvalue weighted by molar-refractivity contribution is 6.30. The second kappa shape index (κ2) is 6.26. The molecular weight excluding hydrogens is 264 g/mol. The number of amides is 1. The molecule has 1 aliphatic heterocycles. The number of carbonyl (C=O) groups excluding carboxylic acids is 1. The number of carbonyl (C=O) groups is 1. The fourth-order valence-corrected chi connectivity index (χ4v) is 2.40. The van der Waals surface area contributed by atoms with Gasteiger partial charge in [0.25, 0.3) is 5.91 Å². The van der Waals surface area contributed by atoms with Crippen molar-refractivity contribution < 1.29 is 9.53 Å². The number of ether oxygens (including phenoxy) is 1. The maximum absolute atomic E-state index is 12.1. The van der Waals surface area contributed by atoms with Gasteiger partial charge in [0, 0.05) is 30.7 Å². The molecule has 1 aromatic rings. The molecule has 1 amide bonds. The van der Waals surface area contributed by atoms with Crippen molar-refractivity contribution in [2.24, 2.45) is 0 Å². The summed E-state index contributed by atoms with van der Waals surface area (Å²) in [5.74, 6) is 0.704. The summed E-state index contributed by atoms with van der Waals surface area (Å²) >= 11 is 5.79. The lowest BCUT2D eigenvalue weighted by Gasteiger charge is -2.38. The molecule has 4 nitrogen and oxygen atoms in total. The molecule has 1 aliphatic rings. The van der Waals surface area contributed by atoms with Gasteiger partial charge in [0.15, 0.2) is 6.61 Å². The van der Waals surface area contributed by atoms with E-state index < -0.39 is 0 Å². The summed E-state index contributed by atoms with van der Waals surface area (Å²) in [6, 6.07) is 7.27. The first-order chi connectivity index (χ1) is 9.06. The third kappa shape index (κ3) is 3.85. The van der Waals surface area contributed by atoms with Gasteiger partial charge in [-0.25, -0.2) is 0 Å². The number of hydrogen-bond acceptors (Lipinski definition) is 3. The molecule has 1 unspecified atom stereocenters. The number of benzene rings is 1. The van der Waals surface area contributed by atoms with Crippen molar-refractivity contribution in [1.29, 1.82) is 0 Å². The molecule has 0 N–H and O–H groups in total. The summed E-state index contributed by atoms with van der Waals surface area (Å²) in [4.78, 5) is 16.2. The number of halogens is 1. The molecule has 1 saturated heterocycles. The summed E-state index contributed by atoms with van der Waals surface area (Å²) in [7, 11) is 2.07. The molecule has 0 radical (unpaired) electrons. The highest BCUT2D eigenvalue weighted by atomic mass is 35.5. The minimum atomic E-state index is 0.0375. The molecule has 0 spiro atoms. The van der Waals surface area contributed by atoms with Gasteiger partial charge >= 0.3 is 0 Å². The van der Waals surface area contributed by atoms with E-state index in [1.165, 1.54) is 0 Å². The van der Waals surface area contributed by atoms with E-state index in [-0.39, 0.29) is 18.6 Å². The summed E-state index contributed by atoms with van der Waals surface area (Å²) in [5.41, 5.74) is 0. The van der Waals surface area contributed by atoms with E-state index in [9.17, 15) is 4.79 Å². The van der Waals surface area contributed by atoms with Crippen LogP contribution in [0.1, 0.15) is 6.92 Å². The molecule has 19 heavy (non-hydrogen) atoms. The van der Waals surface area contributed by atoms with Crippen LogP contribution in [0.15, 0.2) is 24.3 Å². The van der Waals surface area contributed by atoms with E-state index in [0.717, 1.165) is 19.6 Å². The van der Waals surface area contributed by atoms with Crippen LogP contribution < -0.4 is 4.74 Å². The largest absolute Gasteiger partial charge is 0.484 e. The predicted octanol–water partition coefficient (Wildman–Crippen LogP) is 1.88. The smallest absolute Gasteiger partial charge is 0.260 e. The first kappa shape index (κ1) is 14.2. The van der Waals surface area contributed by atoms with Gasteiger partial charge in [0.05, 0.1) is 0 Å². The minimum absolute atomic E-state index is 0.0375. The normalized spacial score (nSPS) is 20.4. The van der Waals surface area contributed by atoms with Crippen LogP contribution in [0.3, 0.4) is 0 Å². The van der Waals surface area contributed by atoms with Crippen molar-refractivity contribution in [2.75, 3.05) is 33.3 Å². The number of hydrogen-bond donors (Lipinski definition) is 0. The van der Waals surface area contributed by atoms with Crippen LogP contribution >= 0.6 is 11.6 Å². The first-order valence-corrected chi connectivity index (χ1v) is 6.80. The lowest BCUT2D eigenvalue weighted by molar-refractivity contribution is -0.137. The second-order valence-electron chi connectivity index (χ2n) is 4.94. The molecule has 1 atom stereocenters. The Kier molecular flexibility index (Phi) is 4.66. The highest BCUT2D eigenvalue weighted by Gasteiger charge is 2.25. The van der Waals surface area contributed by atoms with Crippen molar-refractivity contribution >= 4 is 17.5 Å². The summed E-state index contributed by atoms with van der Waals surface area (Å²) in [6.45, 7) is 4.73. The SMILES string of the molecule is CC1CN(C)CCN1C(=O)COc1ccc(Cl)cc1. The van der Waals surface area contributed by atoms with E-state index in [0.29, 0.717) is 10.8 Å². The van der Waals surface area contributed by atoms with E-state index in [2.05, 4.69) is 18.9 Å². The second-order valence-corrected chi connectivity index (χ2v) is 5.38. The standard InChI is InChI=1S/C14H19ClN2O2/c1-11-9-16(2)7-8-17(11)14(18)10-19-13-5-3-12(15)4-6-13/h3-6,11H,7-10H2,1-2H3. The van der Waals surface area contributed by atoms with Crippen LogP contribution in [0, 0.1) is 0 Å². The van der Waals surface area contributed by atoms with Crippen molar-refractivity contribution in [2.45, 2.75) is 13.0 Å². The van der Waals surface area contributed by atoms with Crippen molar-refractivity contribution in [3.8, 4) is 5.75 Å². The Morgan fingerprint density at radius 1 is 1.37 bits per heavy atom. The van der Waals surface area contributed by atoms with Gasteiger partial charge in [-0.1, -0.05) is 11.6 Å². The highest BCUT2D eigenvalue weighted by Crippen LogP contribution is 2.16. The van der Waals surface area contributed by atoms with Crippen molar-refractivity contribution in [3.05, 3.63) is 29.3 Å².